The summed E-state index contributed by atoms with van der Waals surface area (Å²) in [6.45, 7) is 2.22. The van der Waals surface area contributed by atoms with Crippen LogP contribution in [0, 0.1) is 0 Å². The van der Waals surface area contributed by atoms with Gasteiger partial charge < -0.3 is 5.32 Å². The zero-order valence-electron chi connectivity index (χ0n) is 11.8. The molecule has 1 N–H and O–H groups in total. The monoisotopic (exact) mass is 317 g/mol. The van der Waals surface area contributed by atoms with E-state index in [1.807, 2.05) is 0 Å². The summed E-state index contributed by atoms with van der Waals surface area (Å²) < 4.78 is 0. The number of alkyl halides is 1. The highest BCUT2D eigenvalue weighted by Gasteiger charge is 2.31. The van der Waals surface area contributed by atoms with Crippen LogP contribution in [0.3, 0.4) is 0 Å². The lowest BCUT2D eigenvalue weighted by atomic mass is 9.83. The Hall–Kier alpha value is -0.0500. The van der Waals surface area contributed by atoms with Crippen LogP contribution in [0.25, 0.3) is 0 Å². The van der Waals surface area contributed by atoms with Crippen LogP contribution in [0.15, 0.2) is 0 Å². The van der Waals surface area contributed by atoms with E-state index in [-0.39, 0.29) is 11.4 Å². The summed E-state index contributed by atoms with van der Waals surface area (Å²) in [5, 5.41) is 4.19. The van der Waals surface area contributed by atoms with Crippen LogP contribution in [-0.4, -0.2) is 16.8 Å². The maximum absolute atomic E-state index is 12.0. The SMILES string of the molecule is CCCCCCCC(=O)NC1(CBr)CCCCC1. The molecule has 1 amide bonds. The number of halogens is 1. The van der Waals surface area contributed by atoms with Crippen molar-refractivity contribution in [3.63, 3.8) is 0 Å². The lowest BCUT2D eigenvalue weighted by Gasteiger charge is -2.36. The number of carbonyl (C=O) groups excluding carboxylic acids is 1. The molecule has 106 valence electrons. The van der Waals surface area contributed by atoms with Gasteiger partial charge in [0.1, 0.15) is 0 Å². The quantitative estimate of drug-likeness (QED) is 0.516. The summed E-state index contributed by atoms with van der Waals surface area (Å²) in [5.74, 6) is 0.257. The predicted molar refractivity (Wildman–Crippen MR) is 81.1 cm³/mol. The summed E-state index contributed by atoms with van der Waals surface area (Å²) in [6, 6.07) is 0. The van der Waals surface area contributed by atoms with Crippen molar-refractivity contribution in [1.82, 2.24) is 5.32 Å². The first-order valence-corrected chi connectivity index (χ1v) is 8.71. The molecular weight excluding hydrogens is 290 g/mol. The van der Waals surface area contributed by atoms with Crippen LogP contribution in [0.5, 0.6) is 0 Å². The molecule has 1 fully saturated rings. The van der Waals surface area contributed by atoms with E-state index in [4.69, 9.17) is 0 Å². The summed E-state index contributed by atoms with van der Waals surface area (Å²) in [6.07, 6.45) is 12.9. The number of amides is 1. The molecule has 1 saturated carbocycles. The Balaban J connectivity index is 2.20. The number of nitrogens with one attached hydrogen (secondary N) is 1. The molecule has 0 aromatic rings. The van der Waals surface area contributed by atoms with Crippen molar-refractivity contribution >= 4 is 21.8 Å². The van der Waals surface area contributed by atoms with Crippen molar-refractivity contribution in [2.45, 2.75) is 83.1 Å². The average molecular weight is 318 g/mol. The number of hydrogen-bond donors (Lipinski definition) is 1. The largest absolute Gasteiger partial charge is 0.350 e. The molecule has 3 heteroatoms. The van der Waals surface area contributed by atoms with Crippen molar-refractivity contribution in [3.05, 3.63) is 0 Å². The average Bonchev–Trinajstić information content (AvgIpc) is 2.39. The van der Waals surface area contributed by atoms with Crippen LogP contribution in [0.4, 0.5) is 0 Å². The highest BCUT2D eigenvalue weighted by atomic mass is 79.9. The maximum Gasteiger partial charge on any atom is 0.220 e. The molecule has 0 aliphatic heterocycles. The van der Waals surface area contributed by atoms with Gasteiger partial charge in [0.05, 0.1) is 0 Å². The Morgan fingerprint density at radius 1 is 1.11 bits per heavy atom. The second kappa shape index (κ2) is 8.95. The van der Waals surface area contributed by atoms with Gasteiger partial charge in [-0.05, 0) is 19.3 Å². The topological polar surface area (TPSA) is 29.1 Å². The van der Waals surface area contributed by atoms with E-state index >= 15 is 0 Å². The van der Waals surface area contributed by atoms with E-state index in [2.05, 4.69) is 28.2 Å². The fourth-order valence-electron chi connectivity index (χ4n) is 2.77. The van der Waals surface area contributed by atoms with Gasteiger partial charge in [-0.15, -0.1) is 0 Å². The van der Waals surface area contributed by atoms with E-state index < -0.39 is 0 Å². The van der Waals surface area contributed by atoms with Crippen molar-refractivity contribution in [2.75, 3.05) is 5.33 Å². The van der Waals surface area contributed by atoms with Gasteiger partial charge >= 0.3 is 0 Å². The lowest BCUT2D eigenvalue weighted by Crippen LogP contribution is -2.51. The third kappa shape index (κ3) is 5.73. The van der Waals surface area contributed by atoms with Gasteiger partial charge in [0.15, 0.2) is 0 Å². The Bertz CT molecular complexity index is 237. The predicted octanol–water partition coefficient (Wildman–Crippen LogP) is 4.56. The minimum Gasteiger partial charge on any atom is -0.350 e. The number of rotatable bonds is 8. The molecule has 18 heavy (non-hydrogen) atoms. The molecule has 0 atom stereocenters. The van der Waals surface area contributed by atoms with Crippen LogP contribution >= 0.6 is 15.9 Å². The second-order valence-corrected chi connectivity index (χ2v) is 6.25. The highest BCUT2D eigenvalue weighted by molar-refractivity contribution is 9.09. The smallest absolute Gasteiger partial charge is 0.220 e. The summed E-state index contributed by atoms with van der Waals surface area (Å²) in [5.41, 5.74) is 0.0543. The van der Waals surface area contributed by atoms with Gasteiger partial charge in [-0.25, -0.2) is 0 Å². The molecule has 1 rings (SSSR count). The minimum absolute atomic E-state index is 0.0543. The second-order valence-electron chi connectivity index (χ2n) is 5.69. The standard InChI is InChI=1S/C15H28BrNO/c1-2-3-4-5-7-10-14(18)17-15(13-16)11-8-6-9-12-15/h2-13H2,1H3,(H,17,18). The van der Waals surface area contributed by atoms with Gasteiger partial charge in [0.25, 0.3) is 0 Å². The molecule has 0 aromatic carbocycles. The molecule has 0 radical (unpaired) electrons. The molecule has 0 unspecified atom stereocenters. The summed E-state index contributed by atoms with van der Waals surface area (Å²) >= 11 is 3.58. The van der Waals surface area contributed by atoms with Crippen LogP contribution in [0.1, 0.15) is 77.6 Å². The Labute approximate surface area is 120 Å². The molecular formula is C15H28BrNO. The number of unbranched alkanes of at least 4 members (excludes halogenated alkanes) is 4. The van der Waals surface area contributed by atoms with Gasteiger partial charge in [0, 0.05) is 17.3 Å². The zero-order chi connectivity index (χ0) is 13.3. The first kappa shape index (κ1) is 16.0. The van der Waals surface area contributed by atoms with Crippen LogP contribution in [0.2, 0.25) is 0 Å². The van der Waals surface area contributed by atoms with E-state index in [0.717, 1.165) is 24.6 Å². The molecule has 0 aromatic heterocycles. The molecule has 0 saturated heterocycles. The minimum atomic E-state index is 0.0543. The normalized spacial score (nSPS) is 18.6. The van der Waals surface area contributed by atoms with Gasteiger partial charge in [-0.2, -0.15) is 0 Å². The fraction of sp³-hybridized carbons (Fsp3) is 0.933. The first-order chi connectivity index (χ1) is 8.72. The third-order valence-electron chi connectivity index (χ3n) is 3.98. The Morgan fingerprint density at radius 2 is 1.78 bits per heavy atom. The number of hydrogen-bond acceptors (Lipinski definition) is 1. The van der Waals surface area contributed by atoms with Crippen molar-refractivity contribution in [2.24, 2.45) is 0 Å². The Morgan fingerprint density at radius 3 is 2.39 bits per heavy atom. The third-order valence-corrected chi connectivity index (χ3v) is 5.05. The molecule has 0 spiro atoms. The van der Waals surface area contributed by atoms with Gasteiger partial charge in [-0.1, -0.05) is 67.8 Å². The van der Waals surface area contributed by atoms with Crippen molar-refractivity contribution in [1.29, 1.82) is 0 Å². The summed E-state index contributed by atoms with van der Waals surface area (Å²) in [4.78, 5) is 12.0. The Kier molecular flexibility index (Phi) is 7.96. The molecule has 0 bridgehead atoms. The van der Waals surface area contributed by atoms with Gasteiger partial charge in [-0.3, -0.25) is 4.79 Å². The summed E-state index contributed by atoms with van der Waals surface area (Å²) in [7, 11) is 0. The maximum atomic E-state index is 12.0. The van der Waals surface area contributed by atoms with E-state index in [1.165, 1.54) is 44.9 Å². The van der Waals surface area contributed by atoms with Crippen molar-refractivity contribution < 1.29 is 4.79 Å². The van der Waals surface area contributed by atoms with Gasteiger partial charge in [0.2, 0.25) is 5.91 Å². The van der Waals surface area contributed by atoms with E-state index in [9.17, 15) is 4.79 Å². The number of carbonyl (C=O) groups is 1. The molecule has 1 aliphatic carbocycles. The van der Waals surface area contributed by atoms with Crippen LogP contribution < -0.4 is 5.32 Å². The molecule has 0 heterocycles. The van der Waals surface area contributed by atoms with E-state index in [1.54, 1.807) is 0 Å². The zero-order valence-corrected chi connectivity index (χ0v) is 13.4. The lowest BCUT2D eigenvalue weighted by molar-refractivity contribution is -0.123. The van der Waals surface area contributed by atoms with Crippen LogP contribution in [-0.2, 0) is 4.79 Å². The van der Waals surface area contributed by atoms with Crippen molar-refractivity contribution in [3.8, 4) is 0 Å². The molecule has 1 aliphatic rings. The fourth-order valence-corrected chi connectivity index (χ4v) is 3.47. The first-order valence-electron chi connectivity index (χ1n) is 7.59. The molecule has 2 nitrogen and oxygen atoms in total. The van der Waals surface area contributed by atoms with E-state index in [0.29, 0.717) is 6.42 Å². The highest BCUT2D eigenvalue weighted by Crippen LogP contribution is 2.29.